The van der Waals surface area contributed by atoms with Crippen molar-refractivity contribution in [2.75, 3.05) is 0 Å². The molecule has 0 saturated heterocycles. The van der Waals surface area contributed by atoms with Gasteiger partial charge in [0.05, 0.1) is 11.8 Å². The summed E-state index contributed by atoms with van der Waals surface area (Å²) >= 11 is 0. The SMILES string of the molecule is c1ccc2c(c1)Cc1cc3c4c5c1C2c1ccc2c6c1C5([n+]1cccc5c1C6c1c(cccc1C5)C2)[n+]1cccc2c1C4c1c(cccc1C2)C3. The lowest BCUT2D eigenvalue weighted by molar-refractivity contribution is -0.980. The number of hydrogen-bond acceptors (Lipinski definition) is 0. The van der Waals surface area contributed by atoms with E-state index >= 15 is 0 Å². The monoisotopic (exact) mass is 648 g/mol. The first-order valence-electron chi connectivity index (χ1n) is 19.0. The van der Waals surface area contributed by atoms with Crippen LogP contribution in [0.3, 0.4) is 0 Å². The van der Waals surface area contributed by atoms with Gasteiger partial charge in [0, 0.05) is 42.0 Å². The van der Waals surface area contributed by atoms with Gasteiger partial charge in [0.25, 0.3) is 0 Å². The van der Waals surface area contributed by atoms with E-state index in [1.807, 2.05) is 0 Å². The van der Waals surface area contributed by atoms with Gasteiger partial charge in [-0.15, -0.1) is 9.13 Å². The molecule has 15 rings (SSSR count). The van der Waals surface area contributed by atoms with Crippen LogP contribution in [-0.2, 0) is 37.8 Å². The van der Waals surface area contributed by atoms with Crippen LogP contribution in [0.2, 0.25) is 0 Å². The first-order valence-corrected chi connectivity index (χ1v) is 19.0. The molecule has 8 aliphatic rings. The van der Waals surface area contributed by atoms with Crippen LogP contribution in [0.5, 0.6) is 0 Å². The molecule has 0 saturated carbocycles. The van der Waals surface area contributed by atoms with Gasteiger partial charge < -0.3 is 0 Å². The summed E-state index contributed by atoms with van der Waals surface area (Å²) in [4.78, 5) is 0. The van der Waals surface area contributed by atoms with E-state index in [1.54, 1.807) is 50.1 Å². The van der Waals surface area contributed by atoms with Gasteiger partial charge in [-0.05, 0) is 115 Å². The molecule has 236 valence electrons. The number of fused-ring (bicyclic) bond motifs is 3. The Bertz CT molecular complexity index is 2870. The number of nitrogens with zero attached hydrogens (tertiary/aromatic N) is 2. The van der Waals surface area contributed by atoms with Crippen LogP contribution in [0.15, 0.2) is 116 Å². The normalized spacial score (nSPS) is 23.6. The van der Waals surface area contributed by atoms with Gasteiger partial charge >= 0.3 is 5.66 Å². The smallest absolute Gasteiger partial charge is 0.129 e. The van der Waals surface area contributed by atoms with Crippen molar-refractivity contribution >= 4 is 0 Å². The standard InChI is InChI=1S/C49H32N2/c1-2-14-35-25(7-1)19-33-24-34-23-29-11-4-10-28-22-32-13-6-18-51-48(32)44(38(28)29)41(34)46-40(33)42(35)36-16-15-30-20-26-8-3-9-27-21-31-12-5-17-50-47(31)43(37(26)27)39(30)45(36)49(46,50)51/h1-18,24,42-44H,19-23H2/q+2. The Morgan fingerprint density at radius 1 is 0.373 bits per heavy atom. The van der Waals surface area contributed by atoms with Gasteiger partial charge in [0.1, 0.15) is 11.1 Å². The third-order valence-electron chi connectivity index (χ3n) is 14.7. The second kappa shape index (κ2) is 7.98. The largest absolute Gasteiger partial charge is 0.416 e. The molecule has 6 aliphatic carbocycles. The van der Waals surface area contributed by atoms with E-state index in [1.165, 1.54) is 67.0 Å². The molecule has 4 atom stereocenters. The molecule has 4 heterocycles. The molecule has 2 aliphatic heterocycles. The molecule has 2 heteroatoms. The van der Waals surface area contributed by atoms with Crippen molar-refractivity contribution in [1.29, 1.82) is 0 Å². The molecular weight excluding hydrogens is 617 g/mol. The molecule has 0 amide bonds. The number of pyridine rings is 2. The van der Waals surface area contributed by atoms with E-state index in [2.05, 4.69) is 125 Å². The molecule has 7 aromatic rings. The van der Waals surface area contributed by atoms with Crippen molar-refractivity contribution in [3.05, 3.63) is 233 Å². The van der Waals surface area contributed by atoms with Crippen LogP contribution < -0.4 is 9.13 Å². The van der Waals surface area contributed by atoms with Crippen molar-refractivity contribution in [1.82, 2.24) is 0 Å². The molecule has 4 unspecified atom stereocenters. The van der Waals surface area contributed by atoms with E-state index in [-0.39, 0.29) is 17.8 Å². The van der Waals surface area contributed by atoms with Gasteiger partial charge in [-0.3, -0.25) is 0 Å². The quantitative estimate of drug-likeness (QED) is 0.150. The molecule has 0 radical (unpaired) electrons. The molecule has 51 heavy (non-hydrogen) atoms. The minimum atomic E-state index is -0.490. The molecule has 0 fully saturated rings. The molecule has 5 aromatic carbocycles. The Labute approximate surface area is 296 Å². The van der Waals surface area contributed by atoms with Crippen LogP contribution in [0, 0.1) is 0 Å². The highest BCUT2D eigenvalue weighted by atomic mass is 15.3. The summed E-state index contributed by atoms with van der Waals surface area (Å²) in [5, 5.41) is 0. The Kier molecular flexibility index (Phi) is 3.97. The fourth-order valence-electron chi connectivity index (χ4n) is 13.3. The lowest BCUT2D eigenvalue weighted by Gasteiger charge is -2.51. The Balaban J connectivity index is 1.22. The average molecular weight is 649 g/mol. The molecule has 2 nitrogen and oxygen atoms in total. The summed E-state index contributed by atoms with van der Waals surface area (Å²) in [5.74, 6) is 0.754. The highest BCUT2D eigenvalue weighted by Gasteiger charge is 2.72. The maximum Gasteiger partial charge on any atom is 0.416 e. The number of rotatable bonds is 0. The van der Waals surface area contributed by atoms with Crippen LogP contribution in [0.4, 0.5) is 0 Å². The first-order chi connectivity index (χ1) is 25.3. The molecule has 1 spiro atoms. The van der Waals surface area contributed by atoms with Crippen LogP contribution in [0.25, 0.3) is 0 Å². The van der Waals surface area contributed by atoms with Crippen molar-refractivity contribution in [2.24, 2.45) is 0 Å². The lowest BCUT2D eigenvalue weighted by atomic mass is 9.54. The fourth-order valence-corrected chi connectivity index (χ4v) is 13.3. The van der Waals surface area contributed by atoms with Crippen LogP contribution in [0.1, 0.15) is 135 Å². The van der Waals surface area contributed by atoms with Gasteiger partial charge in [-0.1, -0.05) is 78.9 Å². The number of hydrogen-bond donors (Lipinski definition) is 0. The fraction of sp³-hybridized carbons (Fsp3) is 0.184. The lowest BCUT2D eigenvalue weighted by Crippen LogP contribution is -2.82. The minimum Gasteiger partial charge on any atom is -0.129 e. The maximum absolute atomic E-state index is 2.84. The Hall–Kier alpha value is -5.60. The van der Waals surface area contributed by atoms with Gasteiger partial charge in [-0.2, -0.15) is 0 Å². The highest BCUT2D eigenvalue weighted by molar-refractivity contribution is 5.76. The molecule has 2 aromatic heterocycles. The van der Waals surface area contributed by atoms with E-state index < -0.39 is 5.66 Å². The van der Waals surface area contributed by atoms with Gasteiger partial charge in [-0.25, -0.2) is 0 Å². The summed E-state index contributed by atoms with van der Waals surface area (Å²) in [5.41, 5.74) is 32.1. The van der Waals surface area contributed by atoms with E-state index in [0.29, 0.717) is 0 Å². The summed E-state index contributed by atoms with van der Waals surface area (Å²) in [6.45, 7) is 0. The van der Waals surface area contributed by atoms with Crippen molar-refractivity contribution < 1.29 is 9.13 Å². The average Bonchev–Trinajstić information content (AvgIpc) is 3.17. The Morgan fingerprint density at radius 2 is 0.863 bits per heavy atom. The summed E-state index contributed by atoms with van der Waals surface area (Å²) < 4.78 is 5.68. The Morgan fingerprint density at radius 3 is 1.53 bits per heavy atom. The third kappa shape index (κ3) is 2.51. The zero-order valence-corrected chi connectivity index (χ0v) is 28.1. The maximum atomic E-state index is 2.84. The molecule has 0 bridgehead atoms. The van der Waals surface area contributed by atoms with Crippen LogP contribution >= 0.6 is 0 Å². The van der Waals surface area contributed by atoms with E-state index in [4.69, 9.17) is 0 Å². The highest BCUT2D eigenvalue weighted by Crippen LogP contribution is 2.64. The first kappa shape index (κ1) is 25.4. The van der Waals surface area contributed by atoms with Gasteiger partial charge in [0.15, 0.2) is 12.4 Å². The van der Waals surface area contributed by atoms with E-state index in [9.17, 15) is 0 Å². The third-order valence-corrected chi connectivity index (χ3v) is 14.7. The second-order valence-electron chi connectivity index (χ2n) is 16.6. The van der Waals surface area contributed by atoms with Crippen LogP contribution in [-0.4, -0.2) is 0 Å². The van der Waals surface area contributed by atoms with Crippen molar-refractivity contribution in [3.8, 4) is 0 Å². The van der Waals surface area contributed by atoms with Crippen molar-refractivity contribution in [3.63, 3.8) is 0 Å². The van der Waals surface area contributed by atoms with Crippen molar-refractivity contribution in [2.45, 2.75) is 55.5 Å². The zero-order chi connectivity index (χ0) is 32.5. The molecular formula is C49H32N2+2. The number of aromatic nitrogens is 2. The summed E-state index contributed by atoms with van der Waals surface area (Å²) in [7, 11) is 0. The van der Waals surface area contributed by atoms with E-state index in [0.717, 1.165) is 32.1 Å². The topological polar surface area (TPSA) is 7.76 Å². The summed E-state index contributed by atoms with van der Waals surface area (Å²) in [6.07, 6.45) is 10.0. The summed E-state index contributed by atoms with van der Waals surface area (Å²) in [6, 6.07) is 41.2. The predicted molar refractivity (Wildman–Crippen MR) is 194 cm³/mol. The number of benzene rings is 5. The minimum absolute atomic E-state index is 0.231. The predicted octanol–water partition coefficient (Wildman–Crippen LogP) is 7.56. The second-order valence-corrected chi connectivity index (χ2v) is 16.6. The molecule has 0 N–H and O–H groups in total. The zero-order valence-electron chi connectivity index (χ0n) is 28.1. The van der Waals surface area contributed by atoms with Gasteiger partial charge in [0.2, 0.25) is 11.4 Å².